The van der Waals surface area contributed by atoms with Crippen LogP contribution in [0.25, 0.3) is 0 Å². The largest absolute Gasteiger partial charge is 0.455 e. The summed E-state index contributed by atoms with van der Waals surface area (Å²) in [6, 6.07) is 0. The highest BCUT2D eigenvalue weighted by atomic mass is 16.7. The monoisotopic (exact) mass is 672 g/mol. The van der Waals surface area contributed by atoms with Gasteiger partial charge in [0.2, 0.25) is 5.82 Å². The van der Waals surface area contributed by atoms with Crippen molar-refractivity contribution in [3.8, 4) is 0 Å². The zero-order valence-corrected chi connectivity index (χ0v) is 26.7. The quantitative estimate of drug-likeness (QED) is 0.174. The van der Waals surface area contributed by atoms with E-state index < -0.39 is 114 Å². The fourth-order valence-corrected chi connectivity index (χ4v) is 5.15. The van der Waals surface area contributed by atoms with Crippen LogP contribution in [0.4, 0.5) is 5.82 Å². The van der Waals surface area contributed by atoms with Crippen LogP contribution in [0.15, 0.2) is 9.59 Å². The Morgan fingerprint density at radius 1 is 0.681 bits per heavy atom. The van der Waals surface area contributed by atoms with Crippen molar-refractivity contribution in [2.75, 3.05) is 19.0 Å². The van der Waals surface area contributed by atoms with E-state index in [9.17, 15) is 48.6 Å². The van der Waals surface area contributed by atoms with E-state index in [0.29, 0.717) is 9.25 Å². The number of hydrogen-bond donors (Lipinski definition) is 2. The Morgan fingerprint density at radius 3 is 1.40 bits per heavy atom. The van der Waals surface area contributed by atoms with E-state index in [1.807, 2.05) is 0 Å². The molecule has 2 aliphatic heterocycles. The number of anilines is 1. The van der Waals surface area contributed by atoms with Gasteiger partial charge < -0.3 is 43.5 Å². The van der Waals surface area contributed by atoms with Crippen LogP contribution >= 0.6 is 0 Å². The predicted molar refractivity (Wildman–Crippen MR) is 150 cm³/mol. The highest BCUT2D eigenvalue weighted by Crippen LogP contribution is 2.37. The van der Waals surface area contributed by atoms with Crippen molar-refractivity contribution in [2.24, 2.45) is 0 Å². The second-order valence-electron chi connectivity index (χ2n) is 11.0. The number of aromatic nitrogens is 3. The van der Waals surface area contributed by atoms with Crippen molar-refractivity contribution in [3.63, 3.8) is 0 Å². The number of Topliss-reactive ketones (excluding diaryl/α,β-unsaturated/α-hetero) is 2. The minimum absolute atomic E-state index is 0.378. The summed E-state index contributed by atoms with van der Waals surface area (Å²) in [4.78, 5) is 102. The van der Waals surface area contributed by atoms with Crippen LogP contribution in [0, 0.1) is 0 Å². The minimum atomic E-state index is -1.99. The molecule has 0 aromatic carbocycles. The molecule has 0 aliphatic carbocycles. The lowest BCUT2D eigenvalue weighted by atomic mass is 10.0. The van der Waals surface area contributed by atoms with E-state index in [0.717, 1.165) is 46.4 Å². The standard InChI is InChI=1S/C27H36N4O16/c1-9(32)15(38)17-19(42-11(3)34)21(44-13(5)36)25(46-17)30-24(40)23(29(7)8)28-31(27(30)41)26-22(45-14(6)37)20(43-12(4)35)18(47-26)16(39)10(2)33/h15-22,25-26,38-39H,1-8H3/t15?,16?,17-,18+,19-,20+,21-,22+,25?,26?/m1/s1. The van der Waals surface area contributed by atoms with Gasteiger partial charge in [0.15, 0.2) is 48.4 Å². The van der Waals surface area contributed by atoms with Crippen LogP contribution in [0.2, 0.25) is 0 Å². The smallest absolute Gasteiger partial charge is 0.352 e. The summed E-state index contributed by atoms with van der Waals surface area (Å²) < 4.78 is 33.5. The van der Waals surface area contributed by atoms with Gasteiger partial charge in [-0.2, -0.15) is 4.68 Å². The Balaban J connectivity index is 2.35. The van der Waals surface area contributed by atoms with E-state index in [-0.39, 0.29) is 0 Å². The van der Waals surface area contributed by atoms with Crippen LogP contribution in [-0.4, -0.2) is 123 Å². The molecule has 1 aromatic rings. The van der Waals surface area contributed by atoms with Gasteiger partial charge in [0.1, 0.15) is 24.4 Å². The molecule has 2 fully saturated rings. The zero-order valence-electron chi connectivity index (χ0n) is 26.7. The number of aliphatic hydroxyl groups is 2. The molecule has 0 saturated carbocycles. The number of nitrogens with zero attached hydrogens (tertiary/aromatic N) is 4. The first-order valence-electron chi connectivity index (χ1n) is 14.1. The first-order valence-corrected chi connectivity index (χ1v) is 14.1. The summed E-state index contributed by atoms with van der Waals surface area (Å²) in [6.45, 7) is 5.89. The Morgan fingerprint density at radius 2 is 1.04 bits per heavy atom. The van der Waals surface area contributed by atoms with Crippen molar-refractivity contribution in [3.05, 3.63) is 20.8 Å². The fourth-order valence-electron chi connectivity index (χ4n) is 5.15. The molecule has 0 spiro atoms. The van der Waals surface area contributed by atoms with Crippen LogP contribution in [-0.2, 0) is 57.2 Å². The van der Waals surface area contributed by atoms with Gasteiger partial charge in [-0.15, -0.1) is 5.10 Å². The molecule has 47 heavy (non-hydrogen) atoms. The lowest BCUT2D eigenvalue weighted by molar-refractivity contribution is -0.167. The molecule has 20 nitrogen and oxygen atoms in total. The first-order chi connectivity index (χ1) is 21.8. The highest BCUT2D eigenvalue weighted by molar-refractivity contribution is 5.81. The van der Waals surface area contributed by atoms with Crippen molar-refractivity contribution < 1.29 is 67.4 Å². The Hall–Kier alpha value is -4.53. The highest BCUT2D eigenvalue weighted by Gasteiger charge is 2.57. The average molecular weight is 673 g/mol. The van der Waals surface area contributed by atoms with Crippen LogP contribution in [0.1, 0.15) is 54.0 Å². The molecular weight excluding hydrogens is 636 g/mol. The van der Waals surface area contributed by atoms with Crippen LogP contribution in [0.3, 0.4) is 0 Å². The average Bonchev–Trinajstić information content (AvgIpc) is 3.44. The molecule has 260 valence electrons. The van der Waals surface area contributed by atoms with Gasteiger partial charge in [0.05, 0.1) is 0 Å². The number of ether oxygens (including phenoxy) is 6. The van der Waals surface area contributed by atoms with E-state index >= 15 is 0 Å². The fraction of sp³-hybridized carbons (Fsp3) is 0.667. The third kappa shape index (κ3) is 7.72. The third-order valence-corrected chi connectivity index (χ3v) is 7.05. The van der Waals surface area contributed by atoms with Gasteiger partial charge >= 0.3 is 35.1 Å². The number of aliphatic hydroxyl groups excluding tert-OH is 2. The van der Waals surface area contributed by atoms with Crippen LogP contribution in [0.5, 0.6) is 0 Å². The molecule has 4 unspecified atom stereocenters. The summed E-state index contributed by atoms with van der Waals surface area (Å²) in [6.07, 6.45) is -18.2. The van der Waals surface area contributed by atoms with E-state index in [4.69, 9.17) is 28.4 Å². The van der Waals surface area contributed by atoms with Crippen molar-refractivity contribution in [2.45, 2.75) is 103 Å². The molecule has 10 atom stereocenters. The molecule has 0 radical (unpaired) electrons. The molecular formula is C27H36N4O16. The van der Waals surface area contributed by atoms with Crippen molar-refractivity contribution in [1.82, 2.24) is 14.3 Å². The van der Waals surface area contributed by atoms with Gasteiger partial charge in [-0.3, -0.25) is 33.6 Å². The van der Waals surface area contributed by atoms with E-state index in [1.54, 1.807) is 0 Å². The summed E-state index contributed by atoms with van der Waals surface area (Å²) in [5.74, 6) is -6.06. The number of esters is 4. The lowest BCUT2D eigenvalue weighted by Gasteiger charge is -2.27. The number of hydrogen-bond acceptors (Lipinski definition) is 18. The maximum absolute atomic E-state index is 14.2. The molecule has 2 saturated heterocycles. The Bertz CT molecular complexity index is 1550. The van der Waals surface area contributed by atoms with Gasteiger partial charge in [0.25, 0.3) is 0 Å². The SMILES string of the molecule is CC(=O)O[C@@H]1[C@H](OC(C)=O)C(n2nc(N(C)C)c(=O)n(C3O[C@H](C(O)C(C)=O)[C@@H](OC(C)=O)[C@H]3OC(C)=O)c2=O)O[C@H]1C(O)C(C)=O. The molecule has 0 bridgehead atoms. The first kappa shape index (κ1) is 36.9. The maximum Gasteiger partial charge on any atom is 0.352 e. The Labute approximate surface area is 266 Å². The molecule has 2 aliphatic rings. The maximum atomic E-state index is 14.2. The molecule has 20 heteroatoms. The Kier molecular flexibility index (Phi) is 11.4. The molecule has 1 aromatic heterocycles. The minimum Gasteiger partial charge on any atom is -0.455 e. The molecule has 2 N–H and O–H groups in total. The van der Waals surface area contributed by atoms with Gasteiger partial charge in [0, 0.05) is 41.8 Å². The topological polar surface area (TPSA) is 258 Å². The summed E-state index contributed by atoms with van der Waals surface area (Å²) >= 11 is 0. The zero-order chi connectivity index (χ0) is 35.7. The second-order valence-corrected chi connectivity index (χ2v) is 11.0. The van der Waals surface area contributed by atoms with Gasteiger partial charge in [-0.1, -0.05) is 0 Å². The van der Waals surface area contributed by atoms with E-state index in [2.05, 4.69) is 5.10 Å². The number of rotatable bonds is 11. The number of ketones is 2. The molecule has 0 amide bonds. The summed E-state index contributed by atoms with van der Waals surface area (Å²) in [5, 5.41) is 25.3. The molecule has 3 heterocycles. The summed E-state index contributed by atoms with van der Waals surface area (Å²) in [7, 11) is 2.71. The van der Waals surface area contributed by atoms with Crippen LogP contribution < -0.4 is 16.1 Å². The third-order valence-electron chi connectivity index (χ3n) is 7.05. The normalized spacial score (nSPS) is 28.1. The predicted octanol–water partition coefficient (Wildman–Crippen LogP) is -3.11. The molecule has 3 rings (SSSR count). The van der Waals surface area contributed by atoms with E-state index in [1.165, 1.54) is 14.1 Å². The number of carbonyl (C=O) groups is 6. The number of carbonyl (C=O) groups excluding carboxylic acids is 6. The summed E-state index contributed by atoms with van der Waals surface area (Å²) in [5.41, 5.74) is -2.57. The lowest BCUT2D eigenvalue weighted by Crippen LogP contribution is -2.51. The van der Waals surface area contributed by atoms with Gasteiger partial charge in [-0.25, -0.2) is 9.36 Å². The van der Waals surface area contributed by atoms with Crippen molar-refractivity contribution in [1.29, 1.82) is 0 Å². The second kappa shape index (κ2) is 14.5. The van der Waals surface area contributed by atoms with Gasteiger partial charge in [-0.05, 0) is 13.8 Å². The van der Waals surface area contributed by atoms with Crippen molar-refractivity contribution >= 4 is 41.3 Å².